The fourth-order valence-electron chi connectivity index (χ4n) is 4.72. The first-order valence-corrected chi connectivity index (χ1v) is 12.8. The second-order valence-corrected chi connectivity index (χ2v) is 9.49. The third kappa shape index (κ3) is 5.63. The average Bonchev–Trinajstić information content (AvgIpc) is 3.58. The lowest BCUT2D eigenvalue weighted by Crippen LogP contribution is -2.54. The highest BCUT2D eigenvalue weighted by molar-refractivity contribution is 5.95. The van der Waals surface area contributed by atoms with Crippen LogP contribution in [-0.2, 0) is 33.5 Å². The van der Waals surface area contributed by atoms with Crippen molar-refractivity contribution in [3.8, 4) is 0 Å². The first-order chi connectivity index (χ1) is 18.3. The molecule has 0 saturated carbocycles. The number of nitrogens with one attached hydrogen (secondary N) is 4. The minimum Gasteiger partial charge on any atom is -0.465 e. The number of amides is 1. The molecule has 1 aromatic heterocycles. The molecule has 1 saturated heterocycles. The average molecular weight is 522 g/mol. The summed E-state index contributed by atoms with van der Waals surface area (Å²) < 4.78 is 7.08. The number of anilines is 1. The normalized spacial score (nSPS) is 14.8. The molecule has 0 radical (unpaired) electrons. The van der Waals surface area contributed by atoms with Crippen LogP contribution in [0.2, 0.25) is 0 Å². The molecule has 5 N–H and O–H groups in total. The maximum absolute atomic E-state index is 13.6. The number of hydrogen-bond donors (Lipinski definition) is 5. The predicted molar refractivity (Wildman–Crippen MR) is 144 cm³/mol. The van der Waals surface area contributed by atoms with E-state index in [1.807, 2.05) is 59.3 Å². The van der Waals surface area contributed by atoms with Crippen LogP contribution in [0, 0.1) is 5.41 Å². The first-order valence-electron chi connectivity index (χ1n) is 12.8. The highest BCUT2D eigenvalue weighted by Gasteiger charge is 2.39. The molecule has 3 aromatic rings. The van der Waals surface area contributed by atoms with Crippen molar-refractivity contribution in [3.05, 3.63) is 59.4 Å². The molecule has 0 bridgehead atoms. The number of amidine groups is 1. The number of esters is 1. The van der Waals surface area contributed by atoms with Crippen molar-refractivity contribution in [2.24, 2.45) is 7.05 Å². The topological polar surface area (TPSA) is 145 Å². The molecule has 1 aliphatic rings. The summed E-state index contributed by atoms with van der Waals surface area (Å²) in [6.07, 6.45) is 1.94. The quantitative estimate of drug-likeness (QED) is 0.118. The summed E-state index contributed by atoms with van der Waals surface area (Å²) in [6, 6.07) is 12.9. The summed E-state index contributed by atoms with van der Waals surface area (Å²) >= 11 is 0. The van der Waals surface area contributed by atoms with Gasteiger partial charge in [-0.25, -0.2) is 4.98 Å². The number of nitrogens with zero attached hydrogens (tertiary/aromatic N) is 3. The third-order valence-electron chi connectivity index (χ3n) is 7.00. The Balaban J connectivity index is 1.57. The summed E-state index contributed by atoms with van der Waals surface area (Å²) in [5, 5.41) is 23.0. The molecule has 0 aliphatic carbocycles. The zero-order chi connectivity index (χ0) is 27.3. The standard InChI is InChI=1S/C27H35N7O4/c1-4-38-24(35)17-30-27(2,26(36)34-13-5-6-14-34)19-9-12-22-21(15-19)31-23(33(22)3)16-29-20-10-7-18(8-11-20)25(28)32-37/h7-12,15,29-30,37H,4-6,13-14,16-17H2,1-3H3,(H2,28,32). The number of hydroxylamine groups is 1. The number of rotatable bonds is 10. The van der Waals surface area contributed by atoms with Crippen LogP contribution in [0.5, 0.6) is 0 Å². The molecule has 1 aliphatic heterocycles. The van der Waals surface area contributed by atoms with E-state index in [1.165, 1.54) is 0 Å². The second-order valence-electron chi connectivity index (χ2n) is 9.49. The van der Waals surface area contributed by atoms with Gasteiger partial charge in [0.1, 0.15) is 17.2 Å². The zero-order valence-corrected chi connectivity index (χ0v) is 22.0. The molecule has 4 rings (SSSR count). The van der Waals surface area contributed by atoms with Gasteiger partial charge in [0.2, 0.25) is 5.91 Å². The number of fused-ring (bicyclic) bond motifs is 1. The summed E-state index contributed by atoms with van der Waals surface area (Å²) in [6.45, 7) is 5.64. The fraction of sp³-hybridized carbons (Fsp3) is 0.407. The minimum absolute atomic E-state index is 0.0654. The van der Waals surface area contributed by atoms with Crippen molar-refractivity contribution in [2.45, 2.75) is 38.8 Å². The van der Waals surface area contributed by atoms with Crippen molar-refractivity contribution in [2.75, 3.05) is 31.6 Å². The van der Waals surface area contributed by atoms with Crippen LogP contribution in [0.1, 0.15) is 43.6 Å². The smallest absolute Gasteiger partial charge is 0.319 e. The summed E-state index contributed by atoms with van der Waals surface area (Å²) in [5.41, 5.74) is 4.54. The minimum atomic E-state index is -1.11. The molecule has 2 aromatic carbocycles. The molecule has 1 unspecified atom stereocenters. The van der Waals surface area contributed by atoms with Gasteiger partial charge in [-0.2, -0.15) is 0 Å². The van der Waals surface area contributed by atoms with Crippen molar-refractivity contribution in [3.63, 3.8) is 0 Å². The van der Waals surface area contributed by atoms with Crippen LogP contribution >= 0.6 is 0 Å². The van der Waals surface area contributed by atoms with E-state index in [0.29, 0.717) is 25.2 Å². The largest absolute Gasteiger partial charge is 0.465 e. The van der Waals surface area contributed by atoms with Gasteiger partial charge >= 0.3 is 5.97 Å². The Bertz CT molecular complexity index is 1310. The van der Waals surface area contributed by atoms with E-state index in [-0.39, 0.29) is 24.9 Å². The van der Waals surface area contributed by atoms with Gasteiger partial charge in [0.05, 0.1) is 30.7 Å². The molecule has 38 heavy (non-hydrogen) atoms. The van der Waals surface area contributed by atoms with Crippen molar-refractivity contribution in [1.82, 2.24) is 25.2 Å². The van der Waals surface area contributed by atoms with E-state index in [1.54, 1.807) is 19.1 Å². The first kappa shape index (κ1) is 27.1. The van der Waals surface area contributed by atoms with E-state index in [4.69, 9.17) is 20.3 Å². The van der Waals surface area contributed by atoms with Gasteiger partial charge in [0, 0.05) is 31.4 Å². The Morgan fingerprint density at radius 2 is 1.87 bits per heavy atom. The van der Waals surface area contributed by atoms with E-state index >= 15 is 0 Å². The fourth-order valence-corrected chi connectivity index (χ4v) is 4.72. The van der Waals surface area contributed by atoms with E-state index in [0.717, 1.165) is 41.0 Å². The molecule has 1 fully saturated rings. The van der Waals surface area contributed by atoms with Crippen molar-refractivity contribution < 1.29 is 19.5 Å². The zero-order valence-electron chi connectivity index (χ0n) is 22.0. The van der Waals surface area contributed by atoms with Gasteiger partial charge in [0.15, 0.2) is 0 Å². The highest BCUT2D eigenvalue weighted by Crippen LogP contribution is 2.29. The van der Waals surface area contributed by atoms with Gasteiger partial charge in [-0.15, -0.1) is 0 Å². The van der Waals surface area contributed by atoms with Gasteiger partial charge < -0.3 is 19.5 Å². The molecule has 11 heteroatoms. The van der Waals surface area contributed by atoms with Gasteiger partial charge in [-0.3, -0.25) is 31.0 Å². The number of aromatic nitrogens is 2. The molecule has 0 spiro atoms. The Morgan fingerprint density at radius 1 is 1.16 bits per heavy atom. The Hall–Kier alpha value is -3.96. The molecule has 2 heterocycles. The Kier molecular flexibility index (Phi) is 8.28. The van der Waals surface area contributed by atoms with Crippen LogP contribution < -0.4 is 16.1 Å². The van der Waals surface area contributed by atoms with Crippen LogP contribution in [-0.4, -0.2) is 63.6 Å². The van der Waals surface area contributed by atoms with Crippen LogP contribution in [0.25, 0.3) is 11.0 Å². The highest BCUT2D eigenvalue weighted by atomic mass is 16.5. The van der Waals surface area contributed by atoms with E-state index < -0.39 is 11.5 Å². The number of hydrogen-bond acceptors (Lipinski definition) is 8. The molecule has 1 amide bonds. The van der Waals surface area contributed by atoms with Crippen LogP contribution in [0.4, 0.5) is 5.69 Å². The molecular formula is C27H35N7O4. The maximum Gasteiger partial charge on any atom is 0.319 e. The third-order valence-corrected chi connectivity index (χ3v) is 7.00. The lowest BCUT2D eigenvalue weighted by molar-refractivity contribution is -0.143. The molecule has 11 nitrogen and oxygen atoms in total. The summed E-state index contributed by atoms with van der Waals surface area (Å²) in [7, 11) is 1.94. The molecule has 202 valence electrons. The SMILES string of the molecule is CCOC(=O)CNC(C)(C(=O)N1CCCC1)c1ccc2c(c1)nc(CNc1ccc(C(=N)NO)cc1)n2C. The number of likely N-dealkylation sites (tertiary alicyclic amines) is 1. The Morgan fingerprint density at radius 3 is 2.53 bits per heavy atom. The van der Waals surface area contributed by atoms with Gasteiger partial charge in [-0.05, 0) is 68.7 Å². The van der Waals surface area contributed by atoms with Crippen LogP contribution in [0.15, 0.2) is 42.5 Å². The summed E-state index contributed by atoms with van der Waals surface area (Å²) in [4.78, 5) is 32.4. The predicted octanol–water partition coefficient (Wildman–Crippen LogP) is 2.48. The number of ether oxygens (including phenoxy) is 1. The molecular weight excluding hydrogens is 486 g/mol. The van der Waals surface area contributed by atoms with E-state index in [9.17, 15) is 9.59 Å². The maximum atomic E-state index is 13.6. The molecule has 1 atom stereocenters. The number of imidazole rings is 1. The number of benzene rings is 2. The van der Waals surface area contributed by atoms with Crippen LogP contribution in [0.3, 0.4) is 0 Å². The number of carbonyl (C=O) groups excluding carboxylic acids is 2. The number of carbonyl (C=O) groups is 2. The van der Waals surface area contributed by atoms with Gasteiger partial charge in [0.25, 0.3) is 0 Å². The Labute approximate surface area is 221 Å². The second kappa shape index (κ2) is 11.6. The van der Waals surface area contributed by atoms with Crippen molar-refractivity contribution in [1.29, 1.82) is 5.41 Å². The summed E-state index contributed by atoms with van der Waals surface area (Å²) in [5.74, 6) is 0.259. The lowest BCUT2D eigenvalue weighted by atomic mass is 9.89. The van der Waals surface area contributed by atoms with E-state index in [2.05, 4.69) is 10.6 Å². The lowest BCUT2D eigenvalue weighted by Gasteiger charge is -2.33. The van der Waals surface area contributed by atoms with Gasteiger partial charge in [-0.1, -0.05) is 6.07 Å². The van der Waals surface area contributed by atoms with Crippen molar-refractivity contribution >= 4 is 34.4 Å². The number of aryl methyl sites for hydroxylation is 1. The monoisotopic (exact) mass is 521 g/mol.